The molecule has 26 heavy (non-hydrogen) atoms. The van der Waals surface area contributed by atoms with Gasteiger partial charge in [0.2, 0.25) is 5.91 Å². The summed E-state index contributed by atoms with van der Waals surface area (Å²) in [6.07, 6.45) is 4.90. The van der Waals surface area contributed by atoms with E-state index in [1.54, 1.807) is 36.7 Å². The number of nitrogens with zero attached hydrogens (tertiary/aromatic N) is 2. The number of hydrogen-bond donors (Lipinski definition) is 2. The van der Waals surface area contributed by atoms with Crippen molar-refractivity contribution in [2.24, 2.45) is 0 Å². The molecule has 1 aromatic carbocycles. The van der Waals surface area contributed by atoms with E-state index in [0.717, 1.165) is 5.56 Å². The van der Waals surface area contributed by atoms with E-state index in [4.69, 9.17) is 0 Å². The van der Waals surface area contributed by atoms with Crippen molar-refractivity contribution in [1.29, 1.82) is 0 Å². The molecule has 0 aliphatic carbocycles. The highest BCUT2D eigenvalue weighted by Gasteiger charge is 2.07. The molecule has 0 aliphatic rings. The van der Waals surface area contributed by atoms with Gasteiger partial charge in [0.1, 0.15) is 0 Å². The van der Waals surface area contributed by atoms with E-state index in [1.165, 1.54) is 4.57 Å². The summed E-state index contributed by atoms with van der Waals surface area (Å²) in [6.45, 7) is 0.728. The number of carbonyl (C=O) groups is 1. The van der Waals surface area contributed by atoms with Crippen LogP contribution in [-0.4, -0.2) is 20.4 Å². The fourth-order valence-corrected chi connectivity index (χ4v) is 2.75. The van der Waals surface area contributed by atoms with Gasteiger partial charge in [0.15, 0.2) is 0 Å². The average molecular weight is 352 g/mol. The highest BCUT2D eigenvalue weighted by Crippen LogP contribution is 2.04. The van der Waals surface area contributed by atoms with Crippen LogP contribution in [0.25, 0.3) is 10.9 Å². The van der Waals surface area contributed by atoms with E-state index < -0.39 is 5.69 Å². The lowest BCUT2D eigenvalue weighted by Crippen LogP contribution is -2.35. The number of H-pyrrole nitrogens is 1. The fourth-order valence-electron chi connectivity index (χ4n) is 2.75. The molecule has 7 heteroatoms. The van der Waals surface area contributed by atoms with E-state index in [-0.39, 0.29) is 18.0 Å². The predicted molar refractivity (Wildman–Crippen MR) is 98.8 cm³/mol. The van der Waals surface area contributed by atoms with Gasteiger partial charge in [-0.25, -0.2) is 4.79 Å². The van der Waals surface area contributed by atoms with Crippen LogP contribution in [0.4, 0.5) is 0 Å². The third-order valence-corrected chi connectivity index (χ3v) is 4.14. The van der Waals surface area contributed by atoms with Crippen molar-refractivity contribution in [3.8, 4) is 0 Å². The van der Waals surface area contributed by atoms with Crippen molar-refractivity contribution >= 4 is 16.8 Å². The maximum atomic E-state index is 12.4. The maximum Gasteiger partial charge on any atom is 0.328 e. The van der Waals surface area contributed by atoms with Gasteiger partial charge in [0, 0.05) is 31.9 Å². The molecular formula is C19H20N4O3. The summed E-state index contributed by atoms with van der Waals surface area (Å²) >= 11 is 0. The molecule has 0 unspecified atom stereocenters. The zero-order valence-electron chi connectivity index (χ0n) is 14.3. The van der Waals surface area contributed by atoms with Gasteiger partial charge < -0.3 is 10.3 Å². The van der Waals surface area contributed by atoms with Gasteiger partial charge in [-0.05, 0) is 36.6 Å². The van der Waals surface area contributed by atoms with Crippen molar-refractivity contribution in [3.63, 3.8) is 0 Å². The number of hydrogen-bond acceptors (Lipinski definition) is 4. The first-order valence-electron chi connectivity index (χ1n) is 8.52. The molecule has 0 radical (unpaired) electrons. The monoisotopic (exact) mass is 352 g/mol. The molecule has 3 rings (SSSR count). The minimum Gasteiger partial charge on any atom is -0.352 e. The van der Waals surface area contributed by atoms with E-state index in [1.807, 2.05) is 12.1 Å². The average Bonchev–Trinajstić information content (AvgIpc) is 2.66. The molecule has 2 aromatic heterocycles. The molecule has 2 heterocycles. The fraction of sp³-hybridized carbons (Fsp3) is 0.263. The Kier molecular flexibility index (Phi) is 5.58. The molecular weight excluding hydrogens is 332 g/mol. The highest BCUT2D eigenvalue weighted by atomic mass is 16.2. The summed E-state index contributed by atoms with van der Waals surface area (Å²) in [5.41, 5.74) is 0.753. The third-order valence-electron chi connectivity index (χ3n) is 4.14. The Labute approximate surface area is 149 Å². The molecule has 0 saturated heterocycles. The van der Waals surface area contributed by atoms with Crippen molar-refractivity contribution in [2.75, 3.05) is 0 Å². The van der Waals surface area contributed by atoms with Crippen LogP contribution >= 0.6 is 0 Å². The van der Waals surface area contributed by atoms with E-state index in [9.17, 15) is 14.4 Å². The second kappa shape index (κ2) is 8.24. The van der Waals surface area contributed by atoms with Gasteiger partial charge in [-0.2, -0.15) is 0 Å². The van der Waals surface area contributed by atoms with Gasteiger partial charge in [-0.1, -0.05) is 18.2 Å². The number of benzene rings is 1. The number of unbranched alkanes of at least 4 members (excludes halogenated alkanes) is 1. The van der Waals surface area contributed by atoms with Crippen LogP contribution in [-0.2, 0) is 17.9 Å². The molecule has 0 aliphatic heterocycles. The lowest BCUT2D eigenvalue weighted by Gasteiger charge is -2.07. The van der Waals surface area contributed by atoms with Crippen LogP contribution in [0.2, 0.25) is 0 Å². The topological polar surface area (TPSA) is 96.9 Å². The quantitative estimate of drug-likeness (QED) is 0.631. The Morgan fingerprint density at radius 2 is 1.96 bits per heavy atom. The SMILES string of the molecule is O=C(CCCCn1c(=O)[nH]c2ccccc2c1=O)NCc1cccnc1. The summed E-state index contributed by atoms with van der Waals surface area (Å²) in [5, 5.41) is 3.32. The number of amides is 1. The number of fused-ring (bicyclic) bond motifs is 1. The Bertz CT molecular complexity index is 1010. The normalized spacial score (nSPS) is 10.8. The molecule has 2 N–H and O–H groups in total. The van der Waals surface area contributed by atoms with Crippen molar-refractivity contribution < 1.29 is 4.79 Å². The van der Waals surface area contributed by atoms with E-state index in [2.05, 4.69) is 15.3 Å². The largest absolute Gasteiger partial charge is 0.352 e. The molecule has 3 aromatic rings. The molecule has 0 fully saturated rings. The highest BCUT2D eigenvalue weighted by molar-refractivity contribution is 5.77. The summed E-state index contributed by atoms with van der Waals surface area (Å²) in [5.74, 6) is -0.0615. The van der Waals surface area contributed by atoms with Crippen LogP contribution in [0.15, 0.2) is 58.4 Å². The molecule has 0 atom stereocenters. The van der Waals surface area contributed by atoms with E-state index in [0.29, 0.717) is 36.7 Å². The first-order chi connectivity index (χ1) is 12.6. The number of rotatable bonds is 7. The van der Waals surface area contributed by atoms with Crippen LogP contribution in [0.1, 0.15) is 24.8 Å². The number of pyridine rings is 1. The number of carbonyl (C=O) groups excluding carboxylic acids is 1. The Balaban J connectivity index is 1.51. The number of nitrogens with one attached hydrogen (secondary N) is 2. The van der Waals surface area contributed by atoms with Crippen LogP contribution in [0.5, 0.6) is 0 Å². The van der Waals surface area contributed by atoms with Crippen molar-refractivity contribution in [2.45, 2.75) is 32.4 Å². The first-order valence-corrected chi connectivity index (χ1v) is 8.52. The Morgan fingerprint density at radius 1 is 1.12 bits per heavy atom. The van der Waals surface area contributed by atoms with Gasteiger partial charge in [-0.15, -0.1) is 0 Å². The van der Waals surface area contributed by atoms with Crippen LogP contribution in [0, 0.1) is 0 Å². The van der Waals surface area contributed by atoms with Crippen molar-refractivity contribution in [3.05, 3.63) is 75.2 Å². The van der Waals surface area contributed by atoms with Gasteiger partial charge >= 0.3 is 5.69 Å². The molecule has 0 saturated carbocycles. The maximum absolute atomic E-state index is 12.4. The minimum absolute atomic E-state index is 0.0615. The summed E-state index contributed by atoms with van der Waals surface area (Å²) in [6, 6.07) is 10.6. The van der Waals surface area contributed by atoms with E-state index >= 15 is 0 Å². The van der Waals surface area contributed by atoms with Gasteiger partial charge in [-0.3, -0.25) is 19.1 Å². The number of para-hydroxylation sites is 1. The summed E-state index contributed by atoms with van der Waals surface area (Å²) < 4.78 is 1.19. The van der Waals surface area contributed by atoms with Crippen LogP contribution in [0.3, 0.4) is 0 Å². The Hall–Kier alpha value is -3.22. The molecule has 0 bridgehead atoms. The smallest absolute Gasteiger partial charge is 0.328 e. The Morgan fingerprint density at radius 3 is 2.77 bits per heavy atom. The lowest BCUT2D eigenvalue weighted by atomic mass is 10.2. The van der Waals surface area contributed by atoms with Crippen LogP contribution < -0.4 is 16.6 Å². The second-order valence-corrected chi connectivity index (χ2v) is 6.03. The predicted octanol–water partition coefficient (Wildman–Crippen LogP) is 1.57. The summed E-state index contributed by atoms with van der Waals surface area (Å²) in [7, 11) is 0. The first kappa shape index (κ1) is 17.6. The lowest BCUT2D eigenvalue weighted by molar-refractivity contribution is -0.121. The second-order valence-electron chi connectivity index (χ2n) is 6.03. The third kappa shape index (κ3) is 4.24. The standard InChI is InChI=1S/C19H20N4O3/c24-17(21-13-14-6-5-10-20-12-14)9-3-4-11-23-18(25)15-7-1-2-8-16(15)22-19(23)26/h1-2,5-8,10,12H,3-4,9,11,13H2,(H,21,24)(H,22,26). The molecule has 7 nitrogen and oxygen atoms in total. The zero-order chi connectivity index (χ0) is 18.4. The zero-order valence-corrected chi connectivity index (χ0v) is 14.3. The van der Waals surface area contributed by atoms with Gasteiger partial charge in [0.05, 0.1) is 10.9 Å². The molecule has 1 amide bonds. The van der Waals surface area contributed by atoms with Crippen molar-refractivity contribution in [1.82, 2.24) is 19.9 Å². The van der Waals surface area contributed by atoms with Gasteiger partial charge in [0.25, 0.3) is 5.56 Å². The number of aromatic nitrogens is 3. The minimum atomic E-state index is -0.422. The molecule has 134 valence electrons. The number of aromatic amines is 1. The molecule has 0 spiro atoms. The summed E-state index contributed by atoms with van der Waals surface area (Å²) in [4.78, 5) is 43.0.